The van der Waals surface area contributed by atoms with E-state index in [2.05, 4.69) is 5.32 Å². The summed E-state index contributed by atoms with van der Waals surface area (Å²) in [6, 6.07) is 9.58. The first-order valence-corrected chi connectivity index (χ1v) is 7.39. The molecule has 0 saturated heterocycles. The number of nitrogens with one attached hydrogen (secondary N) is 1. The maximum Gasteiger partial charge on any atom is 0.229 e. The largest absolute Gasteiger partial charge is 0.394 e. The van der Waals surface area contributed by atoms with Crippen LogP contribution in [0.2, 0.25) is 0 Å². The van der Waals surface area contributed by atoms with Crippen LogP contribution in [0, 0.1) is 0 Å². The summed E-state index contributed by atoms with van der Waals surface area (Å²) in [6.07, 6.45) is 4.98. The first-order valence-electron chi connectivity index (χ1n) is 7.39. The smallest absolute Gasteiger partial charge is 0.229 e. The highest BCUT2D eigenvalue weighted by Gasteiger charge is 2.34. The van der Waals surface area contributed by atoms with Gasteiger partial charge in [-0.3, -0.25) is 4.79 Å². The summed E-state index contributed by atoms with van der Waals surface area (Å²) in [5, 5.41) is 12.7. The number of carbonyl (C=O) groups is 1. The zero-order chi connectivity index (χ0) is 14.4. The van der Waals surface area contributed by atoms with Crippen molar-refractivity contribution in [2.24, 2.45) is 5.73 Å². The monoisotopic (exact) mass is 276 g/mol. The molecule has 0 bridgehead atoms. The quantitative estimate of drug-likeness (QED) is 0.763. The van der Waals surface area contributed by atoms with Crippen LogP contribution in [0.5, 0.6) is 0 Å². The Hall–Kier alpha value is -1.39. The topological polar surface area (TPSA) is 75.4 Å². The van der Waals surface area contributed by atoms with Crippen molar-refractivity contribution in [2.75, 3.05) is 13.2 Å². The van der Waals surface area contributed by atoms with Crippen LogP contribution < -0.4 is 11.1 Å². The van der Waals surface area contributed by atoms with E-state index in [0.717, 1.165) is 31.2 Å². The number of hydrogen-bond acceptors (Lipinski definition) is 3. The molecule has 4 heteroatoms. The van der Waals surface area contributed by atoms with E-state index in [4.69, 9.17) is 5.73 Å². The normalized spacial score (nSPS) is 19.3. The number of benzene rings is 1. The van der Waals surface area contributed by atoms with Gasteiger partial charge in [-0.1, -0.05) is 49.6 Å². The molecule has 2 rings (SSSR count). The van der Waals surface area contributed by atoms with E-state index in [9.17, 15) is 9.90 Å². The van der Waals surface area contributed by atoms with E-state index in [0.29, 0.717) is 0 Å². The van der Waals surface area contributed by atoms with Crippen molar-refractivity contribution < 1.29 is 9.90 Å². The Morgan fingerprint density at radius 3 is 2.45 bits per heavy atom. The van der Waals surface area contributed by atoms with Gasteiger partial charge in [0.25, 0.3) is 0 Å². The molecule has 1 fully saturated rings. The maximum atomic E-state index is 12.5. The zero-order valence-electron chi connectivity index (χ0n) is 11.8. The van der Waals surface area contributed by atoms with E-state index in [1.165, 1.54) is 6.42 Å². The molecule has 1 aliphatic carbocycles. The second kappa shape index (κ2) is 6.86. The number of aliphatic hydroxyl groups is 1. The average molecular weight is 276 g/mol. The van der Waals surface area contributed by atoms with Gasteiger partial charge < -0.3 is 16.2 Å². The third-order valence-corrected chi connectivity index (χ3v) is 4.26. The lowest BCUT2D eigenvalue weighted by atomic mass is 9.81. The molecule has 1 aromatic carbocycles. The Morgan fingerprint density at radius 1 is 1.25 bits per heavy atom. The van der Waals surface area contributed by atoms with Gasteiger partial charge in [-0.2, -0.15) is 0 Å². The lowest BCUT2D eigenvalue weighted by Gasteiger charge is -2.37. The standard InChI is InChI=1S/C16H24N2O2/c17-11-14(13-7-3-1-4-8-13)15(20)18-16(12-19)9-5-2-6-10-16/h1,3-4,7-8,14,19H,2,5-6,9-12,17H2,(H,18,20). The van der Waals surface area contributed by atoms with Crippen LogP contribution in [0.3, 0.4) is 0 Å². The van der Waals surface area contributed by atoms with E-state index < -0.39 is 5.54 Å². The average Bonchev–Trinajstić information content (AvgIpc) is 2.50. The van der Waals surface area contributed by atoms with Gasteiger partial charge in [0.05, 0.1) is 18.1 Å². The molecule has 0 radical (unpaired) electrons. The van der Waals surface area contributed by atoms with Gasteiger partial charge in [-0.15, -0.1) is 0 Å². The minimum atomic E-state index is -0.447. The van der Waals surface area contributed by atoms with Crippen LogP contribution in [0.25, 0.3) is 0 Å². The summed E-state index contributed by atoms with van der Waals surface area (Å²) < 4.78 is 0. The fraction of sp³-hybridized carbons (Fsp3) is 0.562. The molecule has 110 valence electrons. The Morgan fingerprint density at radius 2 is 1.90 bits per heavy atom. The number of carbonyl (C=O) groups excluding carboxylic acids is 1. The highest BCUT2D eigenvalue weighted by Crippen LogP contribution is 2.28. The van der Waals surface area contributed by atoms with Crippen molar-refractivity contribution in [3.05, 3.63) is 35.9 Å². The molecule has 4 N–H and O–H groups in total. The summed E-state index contributed by atoms with van der Waals surface area (Å²) in [5.74, 6) is -0.420. The number of nitrogens with two attached hydrogens (primary N) is 1. The van der Waals surface area contributed by atoms with Crippen LogP contribution in [0.4, 0.5) is 0 Å². The molecule has 0 aliphatic heterocycles. The molecule has 1 atom stereocenters. The predicted octanol–water partition coefficient (Wildman–Crippen LogP) is 1.54. The van der Waals surface area contributed by atoms with Gasteiger partial charge in [0.15, 0.2) is 0 Å². The van der Waals surface area contributed by atoms with Gasteiger partial charge in [-0.25, -0.2) is 0 Å². The summed E-state index contributed by atoms with van der Waals surface area (Å²) in [5.41, 5.74) is 6.25. The molecule has 1 unspecified atom stereocenters. The second-order valence-electron chi connectivity index (χ2n) is 5.69. The first-order chi connectivity index (χ1) is 9.71. The molecule has 0 aromatic heterocycles. The minimum Gasteiger partial charge on any atom is -0.394 e. The molecule has 1 saturated carbocycles. The van der Waals surface area contributed by atoms with Crippen molar-refractivity contribution in [3.63, 3.8) is 0 Å². The molecule has 20 heavy (non-hydrogen) atoms. The Balaban J connectivity index is 2.09. The van der Waals surface area contributed by atoms with Crippen molar-refractivity contribution in [3.8, 4) is 0 Å². The van der Waals surface area contributed by atoms with E-state index in [1.54, 1.807) is 0 Å². The zero-order valence-corrected chi connectivity index (χ0v) is 11.8. The molecule has 0 spiro atoms. The SMILES string of the molecule is NCC(C(=O)NC1(CO)CCCCC1)c1ccccc1. The third-order valence-electron chi connectivity index (χ3n) is 4.26. The highest BCUT2D eigenvalue weighted by molar-refractivity contribution is 5.84. The van der Waals surface area contributed by atoms with Gasteiger partial charge in [0.2, 0.25) is 5.91 Å². The molecule has 0 heterocycles. The first kappa shape index (κ1) is 15.0. The molecule has 4 nitrogen and oxygen atoms in total. The number of aliphatic hydroxyl groups excluding tert-OH is 1. The number of amides is 1. The predicted molar refractivity (Wildman–Crippen MR) is 79.3 cm³/mol. The number of hydrogen-bond donors (Lipinski definition) is 3. The summed E-state index contributed by atoms with van der Waals surface area (Å²) in [7, 11) is 0. The van der Waals surface area contributed by atoms with Crippen LogP contribution in [-0.4, -0.2) is 29.7 Å². The van der Waals surface area contributed by atoms with E-state index >= 15 is 0 Å². The van der Waals surface area contributed by atoms with Crippen molar-refractivity contribution >= 4 is 5.91 Å². The Labute approximate surface area is 120 Å². The summed E-state index contributed by atoms with van der Waals surface area (Å²) in [6.45, 7) is 0.280. The van der Waals surface area contributed by atoms with E-state index in [1.807, 2.05) is 30.3 Å². The third kappa shape index (κ3) is 3.38. The summed E-state index contributed by atoms with van der Waals surface area (Å²) in [4.78, 5) is 12.5. The van der Waals surface area contributed by atoms with Crippen LogP contribution >= 0.6 is 0 Å². The van der Waals surface area contributed by atoms with Crippen LogP contribution in [0.15, 0.2) is 30.3 Å². The van der Waals surface area contributed by atoms with Crippen molar-refractivity contribution in [1.29, 1.82) is 0 Å². The molecular weight excluding hydrogens is 252 g/mol. The molecule has 1 aromatic rings. The lowest BCUT2D eigenvalue weighted by molar-refractivity contribution is -0.125. The highest BCUT2D eigenvalue weighted by atomic mass is 16.3. The Kier molecular flexibility index (Phi) is 5.15. The van der Waals surface area contributed by atoms with Gasteiger partial charge in [-0.05, 0) is 18.4 Å². The van der Waals surface area contributed by atoms with Crippen molar-refractivity contribution in [2.45, 2.75) is 43.6 Å². The fourth-order valence-corrected chi connectivity index (χ4v) is 2.98. The van der Waals surface area contributed by atoms with E-state index in [-0.39, 0.29) is 25.0 Å². The minimum absolute atomic E-state index is 0.00478. The van der Waals surface area contributed by atoms with Crippen LogP contribution in [-0.2, 0) is 4.79 Å². The van der Waals surface area contributed by atoms with Gasteiger partial charge in [0, 0.05) is 6.54 Å². The molecular formula is C16H24N2O2. The Bertz CT molecular complexity index is 427. The van der Waals surface area contributed by atoms with Gasteiger partial charge in [0.1, 0.15) is 0 Å². The van der Waals surface area contributed by atoms with Crippen molar-refractivity contribution in [1.82, 2.24) is 5.32 Å². The molecule has 1 aliphatic rings. The van der Waals surface area contributed by atoms with Gasteiger partial charge >= 0.3 is 0 Å². The second-order valence-corrected chi connectivity index (χ2v) is 5.69. The fourth-order valence-electron chi connectivity index (χ4n) is 2.98. The molecule has 1 amide bonds. The van der Waals surface area contributed by atoms with Crippen LogP contribution in [0.1, 0.15) is 43.6 Å². The summed E-state index contributed by atoms with van der Waals surface area (Å²) >= 11 is 0. The number of rotatable bonds is 5. The lowest BCUT2D eigenvalue weighted by Crippen LogP contribution is -2.54. The maximum absolute atomic E-state index is 12.5.